The minimum absolute atomic E-state index is 0.0494. The van der Waals surface area contributed by atoms with E-state index in [-0.39, 0.29) is 18.3 Å². The first-order chi connectivity index (χ1) is 10.5. The Bertz CT molecular complexity index is 713. The summed E-state index contributed by atoms with van der Waals surface area (Å²) in [4.78, 5) is 23.2. The van der Waals surface area contributed by atoms with E-state index in [2.05, 4.69) is 5.32 Å². The van der Waals surface area contributed by atoms with Crippen molar-refractivity contribution in [3.63, 3.8) is 0 Å². The van der Waals surface area contributed by atoms with Crippen molar-refractivity contribution in [3.05, 3.63) is 58.6 Å². The summed E-state index contributed by atoms with van der Waals surface area (Å²) < 4.78 is 5.40. The first-order valence-corrected chi connectivity index (χ1v) is 7.13. The molecule has 0 atom stereocenters. The Hall–Kier alpha value is -2.33. The Balaban J connectivity index is 1.95. The molecule has 0 aliphatic rings. The Morgan fingerprint density at radius 1 is 1.18 bits per heavy atom. The standard InChI is InChI=1S/C17H16ClNO3/c1-11-8-14(18)6-7-16(11)19-17(21)10-22-15-5-3-4-13(9-15)12(2)20/h3-9H,10H2,1-2H3,(H,19,21). The van der Waals surface area contributed by atoms with E-state index in [0.717, 1.165) is 5.56 Å². The molecule has 0 fully saturated rings. The molecule has 0 saturated heterocycles. The monoisotopic (exact) mass is 317 g/mol. The third-order valence-electron chi connectivity index (χ3n) is 3.07. The number of anilines is 1. The second kappa shape index (κ2) is 7.09. The number of Topliss-reactive ketones (excluding diaryl/α,β-unsaturated/α-hetero) is 1. The van der Waals surface area contributed by atoms with Gasteiger partial charge in [-0.05, 0) is 49.7 Å². The van der Waals surface area contributed by atoms with Gasteiger partial charge in [0.2, 0.25) is 0 Å². The first-order valence-electron chi connectivity index (χ1n) is 6.75. The van der Waals surface area contributed by atoms with E-state index in [1.165, 1.54) is 6.92 Å². The van der Waals surface area contributed by atoms with Crippen LogP contribution in [0.2, 0.25) is 5.02 Å². The number of ketones is 1. The molecule has 1 N–H and O–H groups in total. The number of carbonyl (C=O) groups excluding carboxylic acids is 2. The number of benzene rings is 2. The van der Waals surface area contributed by atoms with E-state index in [4.69, 9.17) is 16.3 Å². The summed E-state index contributed by atoms with van der Waals surface area (Å²) >= 11 is 5.87. The van der Waals surface area contributed by atoms with Crippen LogP contribution < -0.4 is 10.1 Å². The van der Waals surface area contributed by atoms with Crippen molar-refractivity contribution < 1.29 is 14.3 Å². The summed E-state index contributed by atoms with van der Waals surface area (Å²) in [5.74, 6) is 0.154. The maximum atomic E-state index is 11.9. The fourth-order valence-electron chi connectivity index (χ4n) is 1.91. The van der Waals surface area contributed by atoms with Crippen molar-refractivity contribution in [2.75, 3.05) is 11.9 Å². The molecule has 114 valence electrons. The van der Waals surface area contributed by atoms with Crippen molar-refractivity contribution in [1.82, 2.24) is 0 Å². The number of nitrogens with one attached hydrogen (secondary N) is 1. The van der Waals surface area contributed by atoms with Gasteiger partial charge in [0.05, 0.1) is 0 Å². The zero-order chi connectivity index (χ0) is 16.1. The molecule has 2 rings (SSSR count). The number of ether oxygens (including phenoxy) is 1. The van der Waals surface area contributed by atoms with Crippen molar-refractivity contribution in [2.24, 2.45) is 0 Å². The lowest BCUT2D eigenvalue weighted by Crippen LogP contribution is -2.20. The van der Waals surface area contributed by atoms with Gasteiger partial charge in [-0.3, -0.25) is 9.59 Å². The van der Waals surface area contributed by atoms with Gasteiger partial charge in [-0.1, -0.05) is 23.7 Å². The van der Waals surface area contributed by atoms with Gasteiger partial charge < -0.3 is 10.1 Å². The number of hydrogen-bond acceptors (Lipinski definition) is 3. The molecule has 0 spiro atoms. The van der Waals surface area contributed by atoms with E-state index in [0.29, 0.717) is 22.0 Å². The van der Waals surface area contributed by atoms with Crippen LogP contribution in [0.1, 0.15) is 22.8 Å². The normalized spacial score (nSPS) is 10.1. The molecule has 2 aromatic carbocycles. The fraction of sp³-hybridized carbons (Fsp3) is 0.176. The Morgan fingerprint density at radius 2 is 1.95 bits per heavy atom. The highest BCUT2D eigenvalue weighted by Gasteiger charge is 2.07. The lowest BCUT2D eigenvalue weighted by molar-refractivity contribution is -0.118. The summed E-state index contributed by atoms with van der Waals surface area (Å²) in [7, 11) is 0. The lowest BCUT2D eigenvalue weighted by Gasteiger charge is -2.10. The molecule has 0 unspecified atom stereocenters. The average Bonchev–Trinajstić information content (AvgIpc) is 2.48. The summed E-state index contributed by atoms with van der Waals surface area (Å²) in [5.41, 5.74) is 2.11. The van der Waals surface area contributed by atoms with Gasteiger partial charge in [0, 0.05) is 16.3 Å². The van der Waals surface area contributed by atoms with Crippen LogP contribution in [-0.4, -0.2) is 18.3 Å². The average molecular weight is 318 g/mol. The van der Waals surface area contributed by atoms with E-state index in [1.807, 2.05) is 6.92 Å². The summed E-state index contributed by atoms with van der Waals surface area (Å²) in [6.07, 6.45) is 0. The topological polar surface area (TPSA) is 55.4 Å². The Labute approximate surface area is 134 Å². The number of amides is 1. The van der Waals surface area contributed by atoms with Gasteiger partial charge in [-0.15, -0.1) is 0 Å². The van der Waals surface area contributed by atoms with Crippen LogP contribution in [0.3, 0.4) is 0 Å². The number of rotatable bonds is 5. The fourth-order valence-corrected chi connectivity index (χ4v) is 2.13. The van der Waals surface area contributed by atoms with E-state index >= 15 is 0 Å². The zero-order valence-electron chi connectivity index (χ0n) is 12.4. The van der Waals surface area contributed by atoms with Crippen LogP contribution in [-0.2, 0) is 4.79 Å². The highest BCUT2D eigenvalue weighted by Crippen LogP contribution is 2.19. The molecular formula is C17H16ClNO3. The van der Waals surface area contributed by atoms with Crippen molar-refractivity contribution >= 4 is 29.0 Å². The minimum Gasteiger partial charge on any atom is -0.484 e. The Kier molecular flexibility index (Phi) is 5.17. The second-order valence-corrected chi connectivity index (χ2v) is 5.32. The Morgan fingerprint density at radius 3 is 2.64 bits per heavy atom. The molecule has 2 aromatic rings. The molecule has 0 saturated carbocycles. The molecule has 0 bridgehead atoms. The minimum atomic E-state index is -0.279. The molecule has 0 heterocycles. The van der Waals surface area contributed by atoms with E-state index in [9.17, 15) is 9.59 Å². The first kappa shape index (κ1) is 16.0. The predicted molar refractivity (Wildman–Crippen MR) is 86.8 cm³/mol. The van der Waals surface area contributed by atoms with Crippen LogP contribution in [0.15, 0.2) is 42.5 Å². The summed E-state index contributed by atoms with van der Waals surface area (Å²) in [6, 6.07) is 12.0. The zero-order valence-corrected chi connectivity index (χ0v) is 13.1. The number of halogens is 1. The van der Waals surface area contributed by atoms with Crippen LogP contribution >= 0.6 is 11.6 Å². The number of carbonyl (C=O) groups is 2. The molecule has 22 heavy (non-hydrogen) atoms. The van der Waals surface area contributed by atoms with Gasteiger partial charge >= 0.3 is 0 Å². The second-order valence-electron chi connectivity index (χ2n) is 4.88. The van der Waals surface area contributed by atoms with Crippen molar-refractivity contribution in [1.29, 1.82) is 0 Å². The third-order valence-corrected chi connectivity index (χ3v) is 3.31. The molecule has 0 aliphatic heterocycles. The summed E-state index contributed by atoms with van der Waals surface area (Å²) in [5, 5.41) is 3.37. The van der Waals surface area contributed by atoms with Gasteiger partial charge in [-0.2, -0.15) is 0 Å². The quantitative estimate of drug-likeness (QED) is 0.852. The molecule has 0 aliphatic carbocycles. The smallest absolute Gasteiger partial charge is 0.262 e. The third kappa shape index (κ3) is 4.33. The molecular weight excluding hydrogens is 302 g/mol. The summed E-state index contributed by atoms with van der Waals surface area (Å²) in [6.45, 7) is 3.21. The molecule has 5 heteroatoms. The van der Waals surface area contributed by atoms with Crippen LogP contribution in [0.4, 0.5) is 5.69 Å². The van der Waals surface area contributed by atoms with Gasteiger partial charge in [0.15, 0.2) is 12.4 Å². The largest absolute Gasteiger partial charge is 0.484 e. The molecule has 1 amide bonds. The van der Waals surface area contributed by atoms with Crippen molar-refractivity contribution in [2.45, 2.75) is 13.8 Å². The van der Waals surface area contributed by atoms with Gasteiger partial charge in [0.1, 0.15) is 5.75 Å². The molecule has 4 nitrogen and oxygen atoms in total. The highest BCUT2D eigenvalue weighted by molar-refractivity contribution is 6.30. The number of hydrogen-bond donors (Lipinski definition) is 1. The van der Waals surface area contributed by atoms with Crippen molar-refractivity contribution in [3.8, 4) is 5.75 Å². The van der Waals surface area contributed by atoms with Crippen LogP contribution in [0.25, 0.3) is 0 Å². The number of aryl methyl sites for hydroxylation is 1. The molecule has 0 aromatic heterocycles. The van der Waals surface area contributed by atoms with Gasteiger partial charge in [0.25, 0.3) is 5.91 Å². The van der Waals surface area contributed by atoms with Crippen LogP contribution in [0, 0.1) is 6.92 Å². The van der Waals surface area contributed by atoms with E-state index < -0.39 is 0 Å². The van der Waals surface area contributed by atoms with Crippen LogP contribution in [0.5, 0.6) is 5.75 Å². The molecule has 0 radical (unpaired) electrons. The predicted octanol–water partition coefficient (Wildman–Crippen LogP) is 3.87. The maximum Gasteiger partial charge on any atom is 0.262 e. The highest BCUT2D eigenvalue weighted by atomic mass is 35.5. The van der Waals surface area contributed by atoms with Gasteiger partial charge in [-0.25, -0.2) is 0 Å². The SMILES string of the molecule is CC(=O)c1cccc(OCC(=O)Nc2ccc(Cl)cc2C)c1. The maximum absolute atomic E-state index is 11.9. The lowest BCUT2D eigenvalue weighted by atomic mass is 10.1. The van der Waals surface area contributed by atoms with E-state index in [1.54, 1.807) is 42.5 Å².